The van der Waals surface area contributed by atoms with E-state index < -0.39 is 21.5 Å². The molecule has 0 atom stereocenters. The molecule has 3 aromatic heterocycles. The zero-order valence-corrected chi connectivity index (χ0v) is 21.9. The van der Waals surface area contributed by atoms with Crippen molar-refractivity contribution in [2.24, 2.45) is 0 Å². The van der Waals surface area contributed by atoms with E-state index in [-0.39, 0.29) is 22.7 Å². The second-order valence-electron chi connectivity index (χ2n) is 9.24. The summed E-state index contributed by atoms with van der Waals surface area (Å²) in [6.07, 6.45) is 3.07. The Morgan fingerprint density at radius 1 is 0.950 bits per heavy atom. The molecule has 3 aromatic carbocycles. The minimum absolute atomic E-state index is 0.0259. The number of pyridine rings is 2. The van der Waals surface area contributed by atoms with Crippen molar-refractivity contribution < 1.29 is 13.2 Å². The van der Waals surface area contributed by atoms with E-state index in [9.17, 15) is 18.0 Å². The van der Waals surface area contributed by atoms with E-state index in [1.807, 2.05) is 36.4 Å². The van der Waals surface area contributed by atoms with Crippen molar-refractivity contribution in [3.63, 3.8) is 0 Å². The summed E-state index contributed by atoms with van der Waals surface area (Å²) in [5, 5.41) is 2.36. The summed E-state index contributed by atoms with van der Waals surface area (Å²) in [6, 6.07) is 25.8. The van der Waals surface area contributed by atoms with Crippen molar-refractivity contribution in [3.05, 3.63) is 125 Å². The fourth-order valence-electron chi connectivity index (χ4n) is 5.01. The van der Waals surface area contributed by atoms with Crippen LogP contribution in [0.3, 0.4) is 0 Å². The molecular weight excluding hydrogens is 526 g/mol. The molecule has 10 heteroatoms. The molecule has 198 valence electrons. The van der Waals surface area contributed by atoms with Gasteiger partial charge in [-0.3, -0.25) is 9.59 Å². The molecule has 3 heterocycles. The Morgan fingerprint density at radius 2 is 1.73 bits per heavy atom. The quantitative estimate of drug-likeness (QED) is 0.283. The van der Waals surface area contributed by atoms with Gasteiger partial charge in [-0.15, -0.1) is 0 Å². The Labute approximate surface area is 229 Å². The van der Waals surface area contributed by atoms with Gasteiger partial charge in [0.15, 0.2) is 0 Å². The SMILES string of the molecule is Nc1cc(Cn2c(C(=O)NS(=O)(=O)c3ccccc3)c(-c3ccc[nH]c3=O)c3c4ccccc4ccc32)ccn1. The van der Waals surface area contributed by atoms with Gasteiger partial charge >= 0.3 is 0 Å². The second kappa shape index (κ2) is 9.83. The third-order valence-electron chi connectivity index (χ3n) is 6.72. The lowest BCUT2D eigenvalue weighted by Crippen LogP contribution is -2.32. The molecule has 1 amide bonds. The first-order chi connectivity index (χ1) is 19.3. The van der Waals surface area contributed by atoms with Crippen LogP contribution in [0.2, 0.25) is 0 Å². The number of amides is 1. The number of rotatable bonds is 6. The number of nitrogen functional groups attached to an aromatic ring is 1. The number of H-pyrrole nitrogens is 1. The molecule has 0 unspecified atom stereocenters. The normalized spacial score (nSPS) is 11.6. The third-order valence-corrected chi connectivity index (χ3v) is 8.07. The van der Waals surface area contributed by atoms with Gasteiger partial charge < -0.3 is 15.3 Å². The molecule has 4 N–H and O–H groups in total. The van der Waals surface area contributed by atoms with Crippen molar-refractivity contribution >= 4 is 43.4 Å². The van der Waals surface area contributed by atoms with Crippen LogP contribution in [0, 0.1) is 0 Å². The van der Waals surface area contributed by atoms with Crippen LogP contribution in [0.4, 0.5) is 5.82 Å². The lowest BCUT2D eigenvalue weighted by atomic mass is 9.98. The van der Waals surface area contributed by atoms with Gasteiger partial charge in [0.2, 0.25) is 0 Å². The Balaban J connectivity index is 1.68. The van der Waals surface area contributed by atoms with Gasteiger partial charge in [0.1, 0.15) is 11.5 Å². The molecule has 0 radical (unpaired) electrons. The Kier molecular flexibility index (Phi) is 6.16. The van der Waals surface area contributed by atoms with Crippen LogP contribution in [-0.4, -0.2) is 28.9 Å². The molecule has 0 spiro atoms. The zero-order valence-electron chi connectivity index (χ0n) is 21.0. The van der Waals surface area contributed by atoms with Gasteiger partial charge in [0, 0.05) is 35.5 Å². The molecule has 0 aliphatic rings. The number of nitrogens with zero attached hydrogens (tertiary/aromatic N) is 2. The second-order valence-corrected chi connectivity index (χ2v) is 10.9. The van der Waals surface area contributed by atoms with Gasteiger partial charge in [0.25, 0.3) is 21.5 Å². The molecule has 0 saturated heterocycles. The van der Waals surface area contributed by atoms with Crippen molar-refractivity contribution in [2.45, 2.75) is 11.4 Å². The Morgan fingerprint density at radius 3 is 2.50 bits per heavy atom. The molecule has 0 bridgehead atoms. The highest BCUT2D eigenvalue weighted by Crippen LogP contribution is 2.39. The van der Waals surface area contributed by atoms with Crippen molar-refractivity contribution in [1.29, 1.82) is 0 Å². The van der Waals surface area contributed by atoms with Crippen LogP contribution in [-0.2, 0) is 16.6 Å². The van der Waals surface area contributed by atoms with E-state index in [1.54, 1.807) is 53.2 Å². The Hall–Kier alpha value is -5.22. The monoisotopic (exact) mass is 549 g/mol. The number of anilines is 1. The van der Waals surface area contributed by atoms with Gasteiger partial charge in [-0.1, -0.05) is 48.5 Å². The number of aromatic nitrogens is 3. The van der Waals surface area contributed by atoms with Gasteiger partial charge in [-0.05, 0) is 58.8 Å². The first kappa shape index (κ1) is 25.1. The summed E-state index contributed by atoms with van der Waals surface area (Å²) >= 11 is 0. The molecule has 0 fully saturated rings. The number of hydrogen-bond donors (Lipinski definition) is 3. The van der Waals surface area contributed by atoms with E-state index in [0.717, 1.165) is 16.3 Å². The Bertz CT molecular complexity index is 2080. The van der Waals surface area contributed by atoms with Crippen LogP contribution >= 0.6 is 0 Å². The lowest BCUT2D eigenvalue weighted by Gasteiger charge is -2.13. The number of nitrogens with one attached hydrogen (secondary N) is 2. The number of fused-ring (bicyclic) bond motifs is 3. The molecule has 9 nitrogen and oxygen atoms in total. The number of hydrogen-bond acceptors (Lipinski definition) is 6. The molecular formula is C30H23N5O4S. The first-order valence-electron chi connectivity index (χ1n) is 12.4. The van der Waals surface area contributed by atoms with E-state index in [0.29, 0.717) is 22.3 Å². The average Bonchev–Trinajstić information content (AvgIpc) is 3.28. The van der Waals surface area contributed by atoms with Crippen LogP contribution in [0.5, 0.6) is 0 Å². The van der Waals surface area contributed by atoms with Crippen LogP contribution < -0.4 is 16.0 Å². The van der Waals surface area contributed by atoms with E-state index in [1.165, 1.54) is 18.3 Å². The largest absolute Gasteiger partial charge is 0.384 e. The smallest absolute Gasteiger partial charge is 0.282 e. The van der Waals surface area contributed by atoms with Crippen LogP contribution in [0.1, 0.15) is 16.1 Å². The first-order valence-corrected chi connectivity index (χ1v) is 13.9. The maximum Gasteiger partial charge on any atom is 0.282 e. The summed E-state index contributed by atoms with van der Waals surface area (Å²) in [7, 11) is -4.22. The predicted octanol–water partition coefficient (Wildman–Crippen LogP) is 4.29. The average molecular weight is 550 g/mol. The molecule has 0 aliphatic carbocycles. The number of aromatic amines is 1. The maximum absolute atomic E-state index is 14.1. The topological polar surface area (TPSA) is 140 Å². The van der Waals surface area contributed by atoms with E-state index in [2.05, 4.69) is 14.7 Å². The van der Waals surface area contributed by atoms with E-state index >= 15 is 0 Å². The maximum atomic E-state index is 14.1. The number of benzene rings is 3. The number of carbonyl (C=O) groups is 1. The summed E-state index contributed by atoms with van der Waals surface area (Å²) in [6.45, 7) is 0.167. The van der Waals surface area contributed by atoms with Crippen LogP contribution in [0.15, 0.2) is 113 Å². The fraction of sp³-hybridized carbons (Fsp3) is 0.0333. The highest BCUT2D eigenvalue weighted by atomic mass is 32.2. The number of sulfonamides is 1. The fourth-order valence-corrected chi connectivity index (χ4v) is 5.98. The lowest BCUT2D eigenvalue weighted by molar-refractivity contribution is 0.0974. The molecule has 40 heavy (non-hydrogen) atoms. The number of nitrogens with two attached hydrogens (primary N) is 1. The van der Waals surface area contributed by atoms with Gasteiger partial charge in [-0.25, -0.2) is 18.1 Å². The molecule has 6 rings (SSSR count). The highest BCUT2D eigenvalue weighted by Gasteiger charge is 2.29. The minimum atomic E-state index is -4.22. The summed E-state index contributed by atoms with van der Waals surface area (Å²) in [5.41, 5.74) is 7.50. The van der Waals surface area contributed by atoms with Gasteiger partial charge in [-0.2, -0.15) is 0 Å². The van der Waals surface area contributed by atoms with Crippen LogP contribution in [0.25, 0.3) is 32.8 Å². The van der Waals surface area contributed by atoms with E-state index in [4.69, 9.17) is 5.73 Å². The van der Waals surface area contributed by atoms with Gasteiger partial charge in [0.05, 0.1) is 10.4 Å². The zero-order chi connectivity index (χ0) is 27.9. The number of carbonyl (C=O) groups excluding carboxylic acids is 1. The van der Waals surface area contributed by atoms with Crippen molar-refractivity contribution in [1.82, 2.24) is 19.3 Å². The van der Waals surface area contributed by atoms with Crippen molar-refractivity contribution in [2.75, 3.05) is 5.73 Å². The summed E-state index contributed by atoms with van der Waals surface area (Å²) in [5.74, 6) is -0.568. The standard InChI is InChI=1S/C30H23N5O4S/c31-25-17-19(14-16-32-25)18-35-24-13-12-20-7-4-5-10-22(20)26(24)27(23-11-6-15-33-29(23)36)28(35)30(37)34-40(38,39)21-8-2-1-3-9-21/h1-17H,18H2,(H2,31,32)(H,33,36)(H,34,37). The highest BCUT2D eigenvalue weighted by molar-refractivity contribution is 7.90. The van der Waals surface area contributed by atoms with Crippen molar-refractivity contribution in [3.8, 4) is 11.1 Å². The summed E-state index contributed by atoms with van der Waals surface area (Å²) in [4.78, 5) is 33.9. The minimum Gasteiger partial charge on any atom is -0.384 e. The molecule has 0 saturated carbocycles. The third kappa shape index (κ3) is 4.40. The molecule has 0 aliphatic heterocycles. The molecule has 6 aromatic rings. The predicted molar refractivity (Wildman–Crippen MR) is 154 cm³/mol. The summed E-state index contributed by atoms with van der Waals surface area (Å²) < 4.78 is 30.4.